The number of benzene rings is 2. The van der Waals surface area contributed by atoms with Crippen molar-refractivity contribution >= 4 is 11.6 Å². The van der Waals surface area contributed by atoms with E-state index in [1.54, 1.807) is 0 Å². The molecule has 1 atom stereocenters. The SMILES string of the molecule is CCCN1C(=O)c2ccccc2NC1(CC)c1ccc(OCCOCC)cc1. The molecule has 0 aromatic heterocycles. The van der Waals surface area contributed by atoms with Gasteiger partial charge in [0.15, 0.2) is 0 Å². The Morgan fingerprint density at radius 2 is 1.75 bits per heavy atom. The maximum atomic E-state index is 13.3. The second-order valence-corrected chi connectivity index (χ2v) is 6.91. The fourth-order valence-corrected chi connectivity index (χ4v) is 3.80. The van der Waals surface area contributed by atoms with Crippen molar-refractivity contribution in [2.45, 2.75) is 39.3 Å². The third-order valence-electron chi connectivity index (χ3n) is 5.20. The topological polar surface area (TPSA) is 50.8 Å². The molecule has 3 rings (SSSR count). The highest BCUT2D eigenvalue weighted by Gasteiger charge is 2.44. The van der Waals surface area contributed by atoms with E-state index in [1.165, 1.54) is 0 Å². The average Bonchev–Trinajstić information content (AvgIpc) is 2.74. The molecule has 2 aromatic rings. The summed E-state index contributed by atoms with van der Waals surface area (Å²) in [6.07, 6.45) is 1.66. The molecule has 150 valence electrons. The van der Waals surface area contributed by atoms with Gasteiger partial charge in [-0.1, -0.05) is 38.1 Å². The van der Waals surface area contributed by atoms with E-state index in [4.69, 9.17) is 9.47 Å². The number of carbonyl (C=O) groups excluding carboxylic acids is 1. The van der Waals surface area contributed by atoms with Crippen LogP contribution in [0.1, 0.15) is 49.5 Å². The second kappa shape index (κ2) is 9.11. The molecule has 1 unspecified atom stereocenters. The second-order valence-electron chi connectivity index (χ2n) is 6.91. The number of carbonyl (C=O) groups is 1. The van der Waals surface area contributed by atoms with Crippen molar-refractivity contribution < 1.29 is 14.3 Å². The molecular weight excluding hydrogens is 352 g/mol. The van der Waals surface area contributed by atoms with Crippen molar-refractivity contribution in [2.24, 2.45) is 0 Å². The molecule has 0 fully saturated rings. The van der Waals surface area contributed by atoms with Crippen molar-refractivity contribution in [2.75, 3.05) is 31.7 Å². The molecular formula is C23H30N2O3. The first-order chi connectivity index (χ1) is 13.7. The normalized spacial score (nSPS) is 18.5. The number of amides is 1. The van der Waals surface area contributed by atoms with Gasteiger partial charge in [-0.3, -0.25) is 4.79 Å². The molecule has 0 bridgehead atoms. The fraction of sp³-hybridized carbons (Fsp3) is 0.435. The highest BCUT2D eigenvalue weighted by molar-refractivity contribution is 6.02. The molecule has 1 heterocycles. The van der Waals surface area contributed by atoms with Gasteiger partial charge in [0, 0.05) is 18.8 Å². The standard InChI is InChI=1S/C23H30N2O3/c1-4-15-25-22(26)20-9-7-8-10-21(20)24-23(25,5-2)18-11-13-19(14-12-18)28-17-16-27-6-3/h7-14,24H,4-6,15-17H2,1-3H3. The summed E-state index contributed by atoms with van der Waals surface area (Å²) in [4.78, 5) is 15.2. The van der Waals surface area contributed by atoms with Crippen LogP contribution in [0.4, 0.5) is 5.69 Å². The van der Waals surface area contributed by atoms with E-state index in [-0.39, 0.29) is 5.91 Å². The number of nitrogens with one attached hydrogen (secondary N) is 1. The smallest absolute Gasteiger partial charge is 0.258 e. The molecule has 1 N–H and O–H groups in total. The van der Waals surface area contributed by atoms with Crippen molar-refractivity contribution in [1.29, 1.82) is 0 Å². The van der Waals surface area contributed by atoms with Crippen LogP contribution in [0.5, 0.6) is 5.75 Å². The van der Waals surface area contributed by atoms with Gasteiger partial charge in [0.25, 0.3) is 5.91 Å². The maximum Gasteiger partial charge on any atom is 0.258 e. The summed E-state index contributed by atoms with van der Waals surface area (Å²) >= 11 is 0. The highest BCUT2D eigenvalue weighted by Crippen LogP contribution is 2.40. The maximum absolute atomic E-state index is 13.3. The number of ether oxygens (including phenoxy) is 2. The van der Waals surface area contributed by atoms with Crippen molar-refractivity contribution in [3.05, 3.63) is 59.7 Å². The van der Waals surface area contributed by atoms with Crippen LogP contribution in [0.2, 0.25) is 0 Å². The van der Waals surface area contributed by atoms with E-state index >= 15 is 0 Å². The lowest BCUT2D eigenvalue weighted by molar-refractivity contribution is 0.0483. The molecule has 28 heavy (non-hydrogen) atoms. The predicted molar refractivity (Wildman–Crippen MR) is 112 cm³/mol. The number of hydrogen-bond donors (Lipinski definition) is 1. The van der Waals surface area contributed by atoms with Gasteiger partial charge in [-0.15, -0.1) is 0 Å². The minimum absolute atomic E-state index is 0.0788. The molecule has 0 saturated heterocycles. The Morgan fingerprint density at radius 1 is 1.00 bits per heavy atom. The Balaban J connectivity index is 1.91. The Hall–Kier alpha value is -2.53. The Morgan fingerprint density at radius 3 is 2.43 bits per heavy atom. The van der Waals surface area contributed by atoms with Crippen LogP contribution in [0.15, 0.2) is 48.5 Å². The summed E-state index contributed by atoms with van der Waals surface area (Å²) in [7, 11) is 0. The number of nitrogens with zero attached hydrogens (tertiary/aromatic N) is 1. The molecule has 5 heteroatoms. The molecule has 0 aliphatic carbocycles. The van der Waals surface area contributed by atoms with Crippen LogP contribution in [-0.4, -0.2) is 37.2 Å². The first kappa shape index (κ1) is 20.2. The Kier molecular flexibility index (Phi) is 6.57. The van der Waals surface area contributed by atoms with Gasteiger partial charge in [-0.25, -0.2) is 0 Å². The predicted octanol–water partition coefficient (Wildman–Crippen LogP) is 4.64. The van der Waals surface area contributed by atoms with Gasteiger partial charge in [0.2, 0.25) is 0 Å². The quantitative estimate of drug-likeness (QED) is 0.642. The largest absolute Gasteiger partial charge is 0.491 e. The van der Waals surface area contributed by atoms with Crippen LogP contribution < -0.4 is 10.1 Å². The van der Waals surface area contributed by atoms with E-state index in [9.17, 15) is 4.79 Å². The monoisotopic (exact) mass is 382 g/mol. The zero-order valence-corrected chi connectivity index (χ0v) is 17.0. The van der Waals surface area contributed by atoms with Gasteiger partial charge in [-0.2, -0.15) is 0 Å². The summed E-state index contributed by atoms with van der Waals surface area (Å²) in [5.74, 6) is 0.884. The summed E-state index contributed by atoms with van der Waals surface area (Å²) < 4.78 is 11.1. The van der Waals surface area contributed by atoms with Gasteiger partial charge < -0.3 is 19.7 Å². The number of fused-ring (bicyclic) bond motifs is 1. The Labute approximate surface area is 167 Å². The zero-order valence-electron chi connectivity index (χ0n) is 17.0. The minimum atomic E-state index is -0.564. The van der Waals surface area contributed by atoms with Gasteiger partial charge >= 0.3 is 0 Å². The van der Waals surface area contributed by atoms with Gasteiger partial charge in [-0.05, 0) is 49.6 Å². The third kappa shape index (κ3) is 3.85. The van der Waals surface area contributed by atoms with Crippen LogP contribution >= 0.6 is 0 Å². The summed E-state index contributed by atoms with van der Waals surface area (Å²) in [6.45, 7) is 8.67. The van der Waals surface area contributed by atoms with Crippen LogP contribution in [0.3, 0.4) is 0 Å². The van der Waals surface area contributed by atoms with E-state index < -0.39 is 5.66 Å². The van der Waals surface area contributed by atoms with Crippen LogP contribution in [0.25, 0.3) is 0 Å². The first-order valence-corrected chi connectivity index (χ1v) is 10.2. The summed E-state index contributed by atoms with van der Waals surface area (Å²) in [6, 6.07) is 15.8. The van der Waals surface area contributed by atoms with Crippen LogP contribution in [0, 0.1) is 0 Å². The number of para-hydroxylation sites is 1. The molecule has 1 amide bonds. The number of hydrogen-bond acceptors (Lipinski definition) is 4. The number of anilines is 1. The molecule has 0 radical (unpaired) electrons. The number of rotatable bonds is 9. The van der Waals surface area contributed by atoms with E-state index in [0.29, 0.717) is 26.4 Å². The van der Waals surface area contributed by atoms with Crippen molar-refractivity contribution in [1.82, 2.24) is 4.90 Å². The molecule has 0 spiro atoms. The zero-order chi connectivity index (χ0) is 20.0. The average molecular weight is 383 g/mol. The van der Waals surface area contributed by atoms with Gasteiger partial charge in [0.05, 0.1) is 12.2 Å². The summed E-state index contributed by atoms with van der Waals surface area (Å²) in [5.41, 5.74) is 2.11. The lowest BCUT2D eigenvalue weighted by Crippen LogP contribution is -2.57. The highest BCUT2D eigenvalue weighted by atomic mass is 16.5. The van der Waals surface area contributed by atoms with Gasteiger partial charge in [0.1, 0.15) is 18.0 Å². The Bertz CT molecular complexity index is 791. The fourth-order valence-electron chi connectivity index (χ4n) is 3.80. The molecule has 0 saturated carbocycles. The lowest BCUT2D eigenvalue weighted by Gasteiger charge is -2.48. The third-order valence-corrected chi connectivity index (χ3v) is 5.20. The summed E-state index contributed by atoms with van der Waals surface area (Å²) in [5, 5.41) is 3.67. The van der Waals surface area contributed by atoms with Crippen molar-refractivity contribution in [3.63, 3.8) is 0 Å². The lowest BCUT2D eigenvalue weighted by atomic mass is 9.89. The molecule has 1 aliphatic heterocycles. The van der Waals surface area contributed by atoms with E-state index in [1.807, 2.05) is 48.2 Å². The first-order valence-electron chi connectivity index (χ1n) is 10.2. The minimum Gasteiger partial charge on any atom is -0.491 e. The van der Waals surface area contributed by atoms with Crippen molar-refractivity contribution in [3.8, 4) is 5.75 Å². The molecule has 1 aliphatic rings. The van der Waals surface area contributed by atoms with E-state index in [0.717, 1.165) is 35.4 Å². The van der Waals surface area contributed by atoms with Crippen LogP contribution in [-0.2, 0) is 10.4 Å². The van der Waals surface area contributed by atoms with E-state index in [2.05, 4.69) is 31.3 Å². The molecule has 2 aromatic carbocycles. The molecule has 5 nitrogen and oxygen atoms in total.